The predicted octanol–water partition coefficient (Wildman–Crippen LogP) is 7.45. The van der Waals surface area contributed by atoms with Crippen molar-refractivity contribution in [1.29, 1.82) is 0 Å². The summed E-state index contributed by atoms with van der Waals surface area (Å²) in [5.74, 6) is -8.98. The van der Waals surface area contributed by atoms with Gasteiger partial charge in [0.2, 0.25) is 10.0 Å². The first kappa shape index (κ1) is 32.9. The van der Waals surface area contributed by atoms with Crippen molar-refractivity contribution in [3.8, 4) is 0 Å². The summed E-state index contributed by atoms with van der Waals surface area (Å²) in [6, 6.07) is 2.10. The molecule has 2 N–H and O–H groups in total. The zero-order chi connectivity index (χ0) is 30.1. The van der Waals surface area contributed by atoms with Gasteiger partial charge in [0.25, 0.3) is 5.91 Å². The smallest absolute Gasteiger partial charge is 0.274 e. The summed E-state index contributed by atoms with van der Waals surface area (Å²) in [5, 5.41) is -1.16. The largest absolute Gasteiger partial charge is 0.417 e. The maximum atomic E-state index is 14.8. The standard InChI is InChI=1S/C20H11Cl3F10N2O3S/c21-13-4-9(5-14(22)16(13)23)11(19(28,29)30)6-15(24)8-1-2-10(12(3-8)20(31,32)33)17(36)34-35-39(37,38)7-18(25,26)27/h1-6,11,35H,7H2,(H,34,36)/b15-6-. The summed E-state index contributed by atoms with van der Waals surface area (Å²) < 4.78 is 156. The van der Waals surface area contributed by atoms with Crippen molar-refractivity contribution in [1.82, 2.24) is 10.3 Å². The fraction of sp³-hybridized carbons (Fsp3) is 0.250. The molecular formula is C20H11Cl3F10N2O3S. The summed E-state index contributed by atoms with van der Waals surface area (Å²) in [4.78, 5) is 13.0. The second-order valence-corrected chi connectivity index (χ2v) is 10.4. The first-order valence-corrected chi connectivity index (χ1v) is 12.5. The Kier molecular flexibility index (Phi) is 9.87. The Morgan fingerprint density at radius 2 is 1.46 bits per heavy atom. The third-order valence-corrected chi connectivity index (χ3v) is 6.87. The van der Waals surface area contributed by atoms with Gasteiger partial charge >= 0.3 is 18.5 Å². The SMILES string of the molecule is O=C(NNS(=O)(=O)CC(F)(F)F)c1ccc(/C(F)=C/C(c2cc(Cl)c(Cl)c(Cl)c2)C(F)(F)F)cc1C(F)(F)F. The molecule has 0 radical (unpaired) electrons. The van der Waals surface area contributed by atoms with Crippen molar-refractivity contribution >= 4 is 56.6 Å². The van der Waals surface area contributed by atoms with Gasteiger partial charge in [-0.05, 0) is 35.9 Å². The molecule has 0 bridgehead atoms. The van der Waals surface area contributed by atoms with Gasteiger partial charge in [-0.25, -0.2) is 12.8 Å². The minimum atomic E-state index is -5.45. The van der Waals surface area contributed by atoms with Gasteiger partial charge in [0, 0.05) is 5.56 Å². The second-order valence-electron chi connectivity index (χ2n) is 7.52. The second kappa shape index (κ2) is 11.7. The summed E-state index contributed by atoms with van der Waals surface area (Å²) >= 11 is 17.1. The number of alkyl halides is 9. The van der Waals surface area contributed by atoms with Gasteiger partial charge in [-0.15, -0.1) is 4.83 Å². The highest BCUT2D eigenvalue weighted by molar-refractivity contribution is 7.89. The van der Waals surface area contributed by atoms with Crippen molar-refractivity contribution in [3.63, 3.8) is 0 Å². The van der Waals surface area contributed by atoms with Crippen LogP contribution in [-0.4, -0.2) is 32.4 Å². The van der Waals surface area contributed by atoms with Crippen molar-refractivity contribution in [3.05, 3.63) is 73.7 Å². The molecule has 0 aliphatic carbocycles. The number of hydrazine groups is 1. The van der Waals surface area contributed by atoms with E-state index in [0.717, 1.165) is 10.3 Å². The molecular weight excluding hydrogens is 645 g/mol. The van der Waals surface area contributed by atoms with Gasteiger partial charge in [0.15, 0.2) is 5.75 Å². The molecule has 1 amide bonds. The first-order chi connectivity index (χ1) is 17.5. The molecule has 0 saturated heterocycles. The summed E-state index contributed by atoms with van der Waals surface area (Å²) in [5.41, 5.74) is -4.00. The van der Waals surface area contributed by atoms with E-state index in [0.29, 0.717) is 18.2 Å². The number of sulfonamides is 1. The molecule has 0 heterocycles. The molecule has 1 atom stereocenters. The zero-order valence-electron chi connectivity index (χ0n) is 18.3. The Hall–Kier alpha value is -2.27. The molecule has 216 valence electrons. The van der Waals surface area contributed by atoms with Crippen molar-refractivity contribution in [2.75, 3.05) is 5.75 Å². The zero-order valence-corrected chi connectivity index (χ0v) is 21.4. The maximum absolute atomic E-state index is 14.8. The van der Waals surface area contributed by atoms with Crippen LogP contribution in [0.5, 0.6) is 0 Å². The number of amides is 1. The van der Waals surface area contributed by atoms with Crippen molar-refractivity contribution in [2.45, 2.75) is 24.4 Å². The van der Waals surface area contributed by atoms with Gasteiger partial charge in [0.1, 0.15) is 11.7 Å². The van der Waals surface area contributed by atoms with Crippen molar-refractivity contribution in [2.24, 2.45) is 0 Å². The van der Waals surface area contributed by atoms with E-state index in [1.807, 2.05) is 0 Å². The Labute approximate surface area is 227 Å². The number of carbonyl (C=O) groups is 1. The highest BCUT2D eigenvalue weighted by Gasteiger charge is 2.41. The number of nitrogens with one attached hydrogen (secondary N) is 2. The maximum Gasteiger partial charge on any atom is 0.417 e. The van der Waals surface area contributed by atoms with Crippen LogP contribution in [-0.2, 0) is 16.2 Å². The minimum absolute atomic E-state index is 0.0553. The Morgan fingerprint density at radius 3 is 1.92 bits per heavy atom. The van der Waals surface area contributed by atoms with Crippen LogP contribution in [0.1, 0.15) is 33.0 Å². The molecule has 0 saturated carbocycles. The van der Waals surface area contributed by atoms with E-state index in [-0.39, 0.29) is 23.2 Å². The Balaban J connectivity index is 2.49. The topological polar surface area (TPSA) is 75.3 Å². The van der Waals surface area contributed by atoms with Crippen LogP contribution < -0.4 is 10.3 Å². The quantitative estimate of drug-likeness (QED) is 0.185. The first-order valence-electron chi connectivity index (χ1n) is 9.68. The monoisotopic (exact) mass is 654 g/mol. The fourth-order valence-electron chi connectivity index (χ4n) is 2.95. The van der Waals surface area contributed by atoms with Gasteiger partial charge < -0.3 is 0 Å². The van der Waals surface area contributed by atoms with Crippen LogP contribution in [0.25, 0.3) is 5.83 Å². The number of hydrogen-bond acceptors (Lipinski definition) is 3. The Bertz CT molecular complexity index is 1370. The average molecular weight is 656 g/mol. The lowest BCUT2D eigenvalue weighted by atomic mass is 9.95. The van der Waals surface area contributed by atoms with Crippen LogP contribution in [0.3, 0.4) is 0 Å². The molecule has 0 aromatic heterocycles. The lowest BCUT2D eigenvalue weighted by molar-refractivity contribution is -0.140. The van der Waals surface area contributed by atoms with Crippen LogP contribution in [0.4, 0.5) is 43.9 Å². The van der Waals surface area contributed by atoms with Crippen LogP contribution in [0.2, 0.25) is 15.1 Å². The van der Waals surface area contributed by atoms with Gasteiger partial charge in [-0.2, -0.15) is 39.5 Å². The fourth-order valence-corrected chi connectivity index (χ4v) is 4.31. The molecule has 0 fully saturated rings. The molecule has 5 nitrogen and oxygen atoms in total. The number of allylic oxidation sites excluding steroid dienone is 1. The normalized spacial score (nSPS) is 14.3. The summed E-state index contributed by atoms with van der Waals surface area (Å²) in [6.45, 7) is 0. The number of rotatable bonds is 7. The van der Waals surface area contributed by atoms with E-state index in [9.17, 15) is 57.1 Å². The molecule has 1 unspecified atom stereocenters. The van der Waals surface area contributed by atoms with Crippen LogP contribution in [0, 0.1) is 0 Å². The lowest BCUT2D eigenvalue weighted by Crippen LogP contribution is -2.45. The molecule has 39 heavy (non-hydrogen) atoms. The van der Waals surface area contributed by atoms with Crippen LogP contribution >= 0.6 is 34.8 Å². The van der Waals surface area contributed by atoms with E-state index in [4.69, 9.17) is 34.8 Å². The number of halogens is 13. The number of benzene rings is 2. The average Bonchev–Trinajstić information content (AvgIpc) is 2.75. The van der Waals surface area contributed by atoms with E-state index < -0.39 is 84.3 Å². The predicted molar refractivity (Wildman–Crippen MR) is 121 cm³/mol. The highest BCUT2D eigenvalue weighted by Crippen LogP contribution is 2.42. The molecule has 2 aromatic rings. The third kappa shape index (κ3) is 9.13. The minimum Gasteiger partial charge on any atom is -0.274 e. The highest BCUT2D eigenvalue weighted by atomic mass is 35.5. The molecule has 2 aromatic carbocycles. The van der Waals surface area contributed by atoms with E-state index in [2.05, 4.69) is 0 Å². The summed E-state index contributed by atoms with van der Waals surface area (Å²) in [6.07, 6.45) is -16.0. The Morgan fingerprint density at radius 1 is 0.923 bits per heavy atom. The lowest BCUT2D eigenvalue weighted by Gasteiger charge is -2.19. The molecule has 0 aliphatic heterocycles. The molecule has 0 spiro atoms. The molecule has 19 heteroatoms. The number of hydrogen-bond donors (Lipinski definition) is 2. The summed E-state index contributed by atoms with van der Waals surface area (Å²) in [7, 11) is -5.27. The number of carbonyl (C=O) groups excluding carboxylic acids is 1. The van der Waals surface area contributed by atoms with Gasteiger partial charge in [0.05, 0.1) is 26.2 Å². The van der Waals surface area contributed by atoms with E-state index in [1.165, 1.54) is 0 Å². The molecule has 2 rings (SSSR count). The van der Waals surface area contributed by atoms with E-state index in [1.54, 1.807) is 0 Å². The van der Waals surface area contributed by atoms with Gasteiger partial charge in [-0.3, -0.25) is 10.2 Å². The van der Waals surface area contributed by atoms with Gasteiger partial charge in [-0.1, -0.05) is 40.9 Å². The third-order valence-electron chi connectivity index (χ3n) is 4.55. The molecule has 0 aliphatic rings. The van der Waals surface area contributed by atoms with Crippen LogP contribution in [0.15, 0.2) is 36.4 Å². The van der Waals surface area contributed by atoms with E-state index >= 15 is 0 Å². The van der Waals surface area contributed by atoms with Crippen molar-refractivity contribution < 1.29 is 57.1 Å².